The van der Waals surface area contributed by atoms with E-state index in [2.05, 4.69) is 15.2 Å². The fourth-order valence-electron chi connectivity index (χ4n) is 2.41. The molecule has 114 valence electrons. The number of benzene rings is 1. The lowest BCUT2D eigenvalue weighted by Crippen LogP contribution is -2.37. The SMILES string of the molecule is O=C(NCc1ccccc1)c1ccnc(N2CCOCC2)c1. The summed E-state index contributed by atoms with van der Waals surface area (Å²) in [4.78, 5) is 18.8. The third kappa shape index (κ3) is 3.62. The predicted octanol–water partition coefficient (Wildman–Crippen LogP) is 1.85. The van der Waals surface area contributed by atoms with Gasteiger partial charge in [0.25, 0.3) is 5.91 Å². The molecule has 0 aliphatic carbocycles. The summed E-state index contributed by atoms with van der Waals surface area (Å²) in [6, 6.07) is 13.5. The minimum absolute atomic E-state index is 0.0826. The van der Waals surface area contributed by atoms with E-state index in [9.17, 15) is 4.79 Å². The maximum absolute atomic E-state index is 12.3. The van der Waals surface area contributed by atoms with Crippen LogP contribution in [0.25, 0.3) is 0 Å². The number of hydrogen-bond acceptors (Lipinski definition) is 4. The Morgan fingerprint density at radius 1 is 1.18 bits per heavy atom. The van der Waals surface area contributed by atoms with Crippen LogP contribution in [0.15, 0.2) is 48.7 Å². The van der Waals surface area contributed by atoms with Gasteiger partial charge in [-0.2, -0.15) is 0 Å². The van der Waals surface area contributed by atoms with Crippen molar-refractivity contribution in [1.29, 1.82) is 0 Å². The van der Waals surface area contributed by atoms with Crippen LogP contribution in [-0.4, -0.2) is 37.2 Å². The van der Waals surface area contributed by atoms with Gasteiger partial charge in [-0.3, -0.25) is 4.79 Å². The van der Waals surface area contributed by atoms with Crippen LogP contribution in [0.5, 0.6) is 0 Å². The van der Waals surface area contributed by atoms with Gasteiger partial charge in [-0.15, -0.1) is 0 Å². The Bertz CT molecular complexity index is 625. The molecular formula is C17H19N3O2. The molecule has 22 heavy (non-hydrogen) atoms. The Hall–Kier alpha value is -2.40. The number of pyridine rings is 1. The van der Waals surface area contributed by atoms with Gasteiger partial charge in [-0.25, -0.2) is 4.98 Å². The molecule has 0 atom stereocenters. The first-order valence-electron chi connectivity index (χ1n) is 7.44. The number of ether oxygens (including phenoxy) is 1. The normalized spacial score (nSPS) is 14.6. The van der Waals surface area contributed by atoms with Crippen molar-refractivity contribution in [1.82, 2.24) is 10.3 Å². The number of morpholine rings is 1. The average molecular weight is 297 g/mol. The summed E-state index contributed by atoms with van der Waals surface area (Å²) in [5.41, 5.74) is 1.71. The Labute approximate surface area is 129 Å². The molecule has 1 amide bonds. The molecule has 1 aromatic carbocycles. The van der Waals surface area contributed by atoms with Crippen molar-refractivity contribution in [2.45, 2.75) is 6.54 Å². The van der Waals surface area contributed by atoms with Gasteiger partial charge in [0.05, 0.1) is 13.2 Å². The second-order valence-electron chi connectivity index (χ2n) is 5.17. The number of carbonyl (C=O) groups is 1. The third-order valence-corrected chi connectivity index (χ3v) is 3.64. The summed E-state index contributed by atoms with van der Waals surface area (Å²) in [6.07, 6.45) is 1.68. The molecule has 0 radical (unpaired) electrons. The van der Waals surface area contributed by atoms with Crippen molar-refractivity contribution in [3.05, 3.63) is 59.8 Å². The van der Waals surface area contributed by atoms with Crippen molar-refractivity contribution >= 4 is 11.7 Å². The summed E-state index contributed by atoms with van der Waals surface area (Å²) in [5, 5.41) is 2.94. The summed E-state index contributed by atoms with van der Waals surface area (Å²) in [5.74, 6) is 0.747. The molecule has 3 rings (SSSR count). The van der Waals surface area contributed by atoms with E-state index < -0.39 is 0 Å². The van der Waals surface area contributed by atoms with E-state index in [1.807, 2.05) is 36.4 Å². The number of carbonyl (C=O) groups excluding carboxylic acids is 1. The zero-order valence-electron chi connectivity index (χ0n) is 12.4. The van der Waals surface area contributed by atoms with Crippen molar-refractivity contribution in [3.63, 3.8) is 0 Å². The van der Waals surface area contributed by atoms with E-state index in [-0.39, 0.29) is 5.91 Å². The van der Waals surface area contributed by atoms with E-state index in [0.717, 1.165) is 24.5 Å². The Kier molecular flexibility index (Phi) is 4.65. The van der Waals surface area contributed by atoms with Gasteiger partial charge >= 0.3 is 0 Å². The van der Waals surface area contributed by atoms with Crippen molar-refractivity contribution in [2.75, 3.05) is 31.2 Å². The van der Waals surface area contributed by atoms with Crippen LogP contribution in [0.2, 0.25) is 0 Å². The number of aromatic nitrogens is 1. The molecular weight excluding hydrogens is 278 g/mol. The molecule has 1 fully saturated rings. The van der Waals surface area contributed by atoms with Crippen LogP contribution in [-0.2, 0) is 11.3 Å². The standard InChI is InChI=1S/C17H19N3O2/c21-17(19-13-14-4-2-1-3-5-14)15-6-7-18-16(12-15)20-8-10-22-11-9-20/h1-7,12H,8-11,13H2,(H,19,21). The molecule has 0 spiro atoms. The first kappa shape index (κ1) is 14.5. The molecule has 1 aliphatic rings. The predicted molar refractivity (Wildman–Crippen MR) is 84.9 cm³/mol. The number of nitrogens with zero attached hydrogens (tertiary/aromatic N) is 2. The fraction of sp³-hybridized carbons (Fsp3) is 0.294. The van der Waals surface area contributed by atoms with Crippen LogP contribution in [0.4, 0.5) is 5.82 Å². The Balaban J connectivity index is 1.64. The molecule has 1 saturated heterocycles. The van der Waals surface area contributed by atoms with Crippen LogP contribution >= 0.6 is 0 Å². The number of amides is 1. The molecule has 5 nitrogen and oxygen atoms in total. The number of nitrogens with one attached hydrogen (secondary N) is 1. The molecule has 5 heteroatoms. The monoisotopic (exact) mass is 297 g/mol. The van der Waals surface area contributed by atoms with E-state index in [1.165, 1.54) is 0 Å². The Morgan fingerprint density at radius 3 is 2.73 bits per heavy atom. The highest BCUT2D eigenvalue weighted by atomic mass is 16.5. The van der Waals surface area contributed by atoms with Crippen LogP contribution in [0.3, 0.4) is 0 Å². The van der Waals surface area contributed by atoms with Crippen molar-refractivity contribution < 1.29 is 9.53 Å². The smallest absolute Gasteiger partial charge is 0.251 e. The number of rotatable bonds is 4. The Morgan fingerprint density at radius 2 is 1.95 bits per heavy atom. The third-order valence-electron chi connectivity index (χ3n) is 3.64. The molecule has 0 unspecified atom stereocenters. The zero-order valence-corrected chi connectivity index (χ0v) is 12.4. The van der Waals surface area contributed by atoms with E-state index in [1.54, 1.807) is 12.3 Å². The molecule has 2 heterocycles. The fourth-order valence-corrected chi connectivity index (χ4v) is 2.41. The van der Waals surface area contributed by atoms with Gasteiger partial charge < -0.3 is 15.0 Å². The van der Waals surface area contributed by atoms with Gasteiger partial charge in [0.15, 0.2) is 0 Å². The topological polar surface area (TPSA) is 54.5 Å². The van der Waals surface area contributed by atoms with E-state index in [4.69, 9.17) is 4.74 Å². The molecule has 1 aromatic heterocycles. The lowest BCUT2D eigenvalue weighted by atomic mass is 10.2. The molecule has 0 saturated carbocycles. The van der Waals surface area contributed by atoms with E-state index in [0.29, 0.717) is 25.3 Å². The highest BCUT2D eigenvalue weighted by molar-refractivity contribution is 5.94. The summed E-state index contributed by atoms with van der Waals surface area (Å²) in [7, 11) is 0. The molecule has 2 aromatic rings. The zero-order chi connectivity index (χ0) is 15.2. The van der Waals surface area contributed by atoms with Gasteiger partial charge in [0.2, 0.25) is 0 Å². The van der Waals surface area contributed by atoms with Gasteiger partial charge in [-0.05, 0) is 17.7 Å². The second-order valence-corrected chi connectivity index (χ2v) is 5.17. The minimum atomic E-state index is -0.0826. The molecule has 1 aliphatic heterocycles. The first-order valence-corrected chi connectivity index (χ1v) is 7.44. The largest absolute Gasteiger partial charge is 0.378 e. The second kappa shape index (κ2) is 7.04. The van der Waals surface area contributed by atoms with Crippen LogP contribution in [0.1, 0.15) is 15.9 Å². The molecule has 1 N–H and O–H groups in total. The van der Waals surface area contributed by atoms with Crippen molar-refractivity contribution in [3.8, 4) is 0 Å². The van der Waals surface area contributed by atoms with Crippen molar-refractivity contribution in [2.24, 2.45) is 0 Å². The van der Waals surface area contributed by atoms with Gasteiger partial charge in [0, 0.05) is 31.4 Å². The number of anilines is 1. The number of hydrogen-bond donors (Lipinski definition) is 1. The summed E-state index contributed by atoms with van der Waals surface area (Å²) in [6.45, 7) is 3.54. The average Bonchev–Trinajstić information content (AvgIpc) is 2.61. The lowest BCUT2D eigenvalue weighted by molar-refractivity contribution is 0.0951. The lowest BCUT2D eigenvalue weighted by Gasteiger charge is -2.27. The highest BCUT2D eigenvalue weighted by Crippen LogP contribution is 2.14. The first-order chi connectivity index (χ1) is 10.8. The van der Waals surface area contributed by atoms with Crippen LogP contribution < -0.4 is 10.2 Å². The maximum Gasteiger partial charge on any atom is 0.251 e. The minimum Gasteiger partial charge on any atom is -0.378 e. The molecule has 0 bridgehead atoms. The quantitative estimate of drug-likeness (QED) is 0.936. The highest BCUT2D eigenvalue weighted by Gasteiger charge is 2.14. The summed E-state index contributed by atoms with van der Waals surface area (Å²) < 4.78 is 5.34. The van der Waals surface area contributed by atoms with Gasteiger partial charge in [-0.1, -0.05) is 30.3 Å². The van der Waals surface area contributed by atoms with Gasteiger partial charge in [0.1, 0.15) is 5.82 Å². The van der Waals surface area contributed by atoms with E-state index >= 15 is 0 Å². The maximum atomic E-state index is 12.3. The summed E-state index contributed by atoms with van der Waals surface area (Å²) >= 11 is 0. The van der Waals surface area contributed by atoms with Crippen LogP contribution in [0, 0.1) is 0 Å².